The Morgan fingerprint density at radius 3 is 0.700 bits per heavy atom. The quantitative estimate of drug-likeness (QED) is 0.0223. The lowest BCUT2D eigenvalue weighted by Crippen LogP contribution is -2.66. The van der Waals surface area contributed by atoms with Crippen molar-refractivity contribution in [1.29, 1.82) is 0 Å². The fourth-order valence-corrected chi connectivity index (χ4v) is 23.4. The zero-order valence-corrected chi connectivity index (χ0v) is 102. The lowest BCUT2D eigenvalue weighted by atomic mass is 9.91. The SMILES string of the molecule is CCCCCCCCCCCCCCCCCCC[C@H](C)C[C@H](C)/C=C(\C)C(=O)OC1[C@H](O)C(COC(=O)/C(C)=C/[C@@H](C)C[C@@H](C)CCCCCCCCCCCCCCCC)O[C@H](O[C@H]2OC(CO)[C@@H](OC(=O)/C(C)=C/[C@@H](C)C[C@@H](C)CCCCCCCCCCCCCCCC)C(O)[C@@H]2OC(=O)/C(C)=C/[C@@H](C)C[C@@H](C)CCCCCCCCCCCCCCCCCCC)[C@@H]1OC(=O)CCCCCCCCCCCCCCC. The topological polar surface area (TPSA) is 220 Å². The second-order valence-corrected chi connectivity index (χ2v) is 48.9. The van der Waals surface area contributed by atoms with Crippen molar-refractivity contribution in [1.82, 2.24) is 0 Å². The second-order valence-electron chi connectivity index (χ2n) is 48.9. The van der Waals surface area contributed by atoms with Crippen LogP contribution in [0.15, 0.2) is 46.6 Å². The summed E-state index contributed by atoms with van der Waals surface area (Å²) in [6, 6.07) is 0. The Bertz CT molecular complexity index is 3270. The maximum absolute atomic E-state index is 15.1. The van der Waals surface area contributed by atoms with Crippen LogP contribution in [0.3, 0.4) is 0 Å². The summed E-state index contributed by atoms with van der Waals surface area (Å²) in [5.41, 5.74) is 1.18. The Morgan fingerprint density at radius 2 is 0.453 bits per heavy atom. The molecule has 2 saturated heterocycles. The molecule has 2 aliphatic heterocycles. The normalized spacial score (nSPS) is 20.1. The number of hydrogen-bond donors (Lipinski definition) is 3. The lowest BCUT2D eigenvalue weighted by molar-refractivity contribution is -0.377. The van der Waals surface area contributed by atoms with Gasteiger partial charge in [-0.1, -0.05) is 615 Å². The fraction of sp³-hybridized carbons (Fsp3) is 0.903. The van der Waals surface area contributed by atoms with Gasteiger partial charge in [-0.05, 0) is 107 Å². The van der Waals surface area contributed by atoms with Crippen molar-refractivity contribution < 1.29 is 77.2 Å². The number of unbranched alkanes of at least 4 members (excludes halogenated alkanes) is 70. The van der Waals surface area contributed by atoms with Crippen molar-refractivity contribution in [3.63, 3.8) is 0 Å². The minimum absolute atomic E-state index is 0.00150. The molecule has 0 bridgehead atoms. The monoisotopic (exact) mass is 2110 g/mol. The molecule has 3 N–H and O–H groups in total. The highest BCUT2D eigenvalue weighted by Gasteiger charge is 2.56. The molecular weight excluding hydrogens is 1870 g/mol. The predicted octanol–water partition coefficient (Wildman–Crippen LogP) is 39.1. The molecule has 2 heterocycles. The fourth-order valence-electron chi connectivity index (χ4n) is 23.4. The van der Waals surface area contributed by atoms with E-state index in [1.54, 1.807) is 27.7 Å². The third-order valence-corrected chi connectivity index (χ3v) is 32.8. The molecule has 2 fully saturated rings. The van der Waals surface area contributed by atoms with Gasteiger partial charge in [0.2, 0.25) is 12.6 Å². The van der Waals surface area contributed by atoms with E-state index in [0.717, 1.165) is 103 Å². The Balaban J connectivity index is 2.69. The summed E-state index contributed by atoms with van der Waals surface area (Å²) in [6.07, 6.45) is 93.8. The number of ether oxygens (including phenoxy) is 8. The van der Waals surface area contributed by atoms with Crippen LogP contribution in [0.5, 0.6) is 0 Å². The molecule has 2 rings (SSSR count). The number of rotatable bonds is 105. The highest BCUT2D eigenvalue weighted by molar-refractivity contribution is 5.89. The van der Waals surface area contributed by atoms with Crippen molar-refractivity contribution in [3.8, 4) is 0 Å². The number of aliphatic hydroxyl groups is 3. The van der Waals surface area contributed by atoms with Gasteiger partial charge in [-0.25, -0.2) is 19.2 Å². The predicted molar refractivity (Wildman–Crippen MR) is 633 cm³/mol. The van der Waals surface area contributed by atoms with Crippen molar-refractivity contribution in [2.24, 2.45) is 47.3 Å². The van der Waals surface area contributed by atoms with E-state index in [1.807, 2.05) is 24.3 Å². The summed E-state index contributed by atoms with van der Waals surface area (Å²) in [5.74, 6) is -2.17. The van der Waals surface area contributed by atoms with Gasteiger partial charge < -0.3 is 53.2 Å². The molecule has 16 heteroatoms. The zero-order chi connectivity index (χ0) is 110. The van der Waals surface area contributed by atoms with Gasteiger partial charge in [0.1, 0.15) is 31.0 Å². The van der Waals surface area contributed by atoms with Crippen LogP contribution in [0.25, 0.3) is 0 Å². The molecule has 2 aliphatic rings. The van der Waals surface area contributed by atoms with E-state index in [2.05, 4.69) is 90.0 Å². The molecule has 0 radical (unpaired) electrons. The molecule has 0 spiro atoms. The molecule has 880 valence electrons. The molecule has 0 aromatic heterocycles. The Morgan fingerprint density at radius 1 is 0.247 bits per heavy atom. The molecular formula is C134H248O16. The van der Waals surface area contributed by atoms with E-state index in [9.17, 15) is 29.7 Å². The number of carbonyl (C=O) groups is 5. The van der Waals surface area contributed by atoms with E-state index >= 15 is 9.59 Å². The number of allylic oxidation sites excluding steroid dienone is 4. The van der Waals surface area contributed by atoms with E-state index in [0.29, 0.717) is 41.2 Å². The van der Waals surface area contributed by atoms with Gasteiger partial charge in [0.15, 0.2) is 24.4 Å². The van der Waals surface area contributed by atoms with Gasteiger partial charge >= 0.3 is 29.8 Å². The summed E-state index contributed by atoms with van der Waals surface area (Å²) < 4.78 is 52.3. The molecule has 16 nitrogen and oxygen atoms in total. The van der Waals surface area contributed by atoms with Gasteiger partial charge in [0.05, 0.1) is 6.61 Å². The standard InChI is InChI=1S/C134H248O16/c1-18-23-28-33-38-43-48-53-57-59-61-66-70-75-80-85-90-95-110(8)100-114(12)104-118(16)131(141)148-126-123(137)121(107-143-129(139)116(14)102-112(10)98-108(6)93-88-83-78-73-68-64-55-50-45-40-35-30-25-20-3)145-134(128(126)146-122(136)97-92-87-82-77-72-63-52-47-42-37-32-27-22-5)150-133-127(149-132(142)119(17)105-115(13)101-111(9)96-91-86-81-76-71-67-62-60-58-54-49-44-39-34-29-24-19-2)124(138)125(120(106-135)144-133)147-130(140)117(15)103-113(11)99-109(7)94-89-84-79-74-69-65-56-51-46-41-36-31-26-21-4/h102-105,108-115,120-121,123-128,133-135,137-138H,18-101,106-107H2,1-17H3/b116-102+,117-103+,118-104+,119-105+/t108-,109-,110-,111-,112-,113-,114-,115-,120?,121?,123+,124?,125+,126?,127-,128+,133+,134+/m0/s1. The smallest absolute Gasteiger partial charge is 0.333 e. The summed E-state index contributed by atoms with van der Waals surface area (Å²) in [4.78, 5) is 74.2. The minimum atomic E-state index is -1.92. The Kier molecular flexibility index (Phi) is 93.1. The van der Waals surface area contributed by atoms with Crippen LogP contribution in [0.4, 0.5) is 0 Å². The van der Waals surface area contributed by atoms with E-state index < -0.39 is 104 Å². The van der Waals surface area contributed by atoms with E-state index in [-0.39, 0.29) is 41.2 Å². The summed E-state index contributed by atoms with van der Waals surface area (Å²) in [6.45, 7) is 34.2. The molecule has 0 aliphatic carbocycles. The van der Waals surface area contributed by atoms with Crippen LogP contribution in [-0.2, 0) is 61.9 Å². The second kappa shape index (κ2) is 98.2. The van der Waals surface area contributed by atoms with Gasteiger partial charge in [0.25, 0.3) is 0 Å². The van der Waals surface area contributed by atoms with Crippen LogP contribution in [0, 0.1) is 47.3 Å². The maximum atomic E-state index is 15.1. The van der Waals surface area contributed by atoms with Crippen molar-refractivity contribution in [2.45, 2.75) is 718 Å². The average Bonchev–Trinajstić information content (AvgIpc) is 0.767. The van der Waals surface area contributed by atoms with Crippen molar-refractivity contribution >= 4 is 29.8 Å². The first-order chi connectivity index (χ1) is 72.7. The maximum Gasteiger partial charge on any atom is 0.333 e. The van der Waals surface area contributed by atoms with Crippen LogP contribution >= 0.6 is 0 Å². The van der Waals surface area contributed by atoms with Gasteiger partial charge in [-0.2, -0.15) is 0 Å². The largest absolute Gasteiger partial charge is 0.459 e. The van der Waals surface area contributed by atoms with Crippen molar-refractivity contribution in [3.05, 3.63) is 46.6 Å². The third-order valence-electron chi connectivity index (χ3n) is 32.8. The molecule has 150 heavy (non-hydrogen) atoms. The van der Waals surface area contributed by atoms with Crippen LogP contribution in [0.2, 0.25) is 0 Å². The lowest BCUT2D eigenvalue weighted by Gasteiger charge is -2.47. The molecule has 0 aromatic carbocycles. The highest BCUT2D eigenvalue weighted by atomic mass is 16.8. The zero-order valence-electron chi connectivity index (χ0n) is 102. The average molecular weight is 2120 g/mol. The van der Waals surface area contributed by atoms with Crippen molar-refractivity contribution in [2.75, 3.05) is 13.2 Å². The minimum Gasteiger partial charge on any atom is -0.459 e. The Labute approximate surface area is 927 Å². The van der Waals surface area contributed by atoms with Crippen LogP contribution in [0.1, 0.15) is 657 Å². The molecule has 18 atom stereocenters. The molecule has 0 aromatic rings. The molecule has 0 saturated carbocycles. The third kappa shape index (κ3) is 76.7. The number of carbonyl (C=O) groups excluding carboxylic acids is 5. The first-order valence-electron chi connectivity index (χ1n) is 65.4. The highest BCUT2D eigenvalue weighted by Crippen LogP contribution is 2.38. The number of hydrogen-bond acceptors (Lipinski definition) is 16. The van der Waals surface area contributed by atoms with Gasteiger partial charge in [0, 0.05) is 28.7 Å². The number of aliphatic hydroxyl groups excluding tert-OH is 3. The molecule has 0 amide bonds. The van der Waals surface area contributed by atoms with Gasteiger partial charge in [-0.3, -0.25) is 4.79 Å². The van der Waals surface area contributed by atoms with E-state index in [1.165, 1.54) is 424 Å². The van der Waals surface area contributed by atoms with E-state index in [4.69, 9.17) is 37.9 Å². The van der Waals surface area contributed by atoms with Crippen LogP contribution < -0.4 is 0 Å². The van der Waals surface area contributed by atoms with Gasteiger partial charge in [-0.15, -0.1) is 0 Å². The summed E-state index contributed by atoms with van der Waals surface area (Å²) in [7, 11) is 0. The first kappa shape index (κ1) is 142. The number of esters is 5. The first-order valence-corrected chi connectivity index (χ1v) is 65.4. The molecule has 4 unspecified atom stereocenters. The Hall–Kier alpha value is -3.93. The summed E-state index contributed by atoms with van der Waals surface area (Å²) >= 11 is 0. The van der Waals surface area contributed by atoms with Crippen LogP contribution in [-0.4, -0.2) is 120 Å². The summed E-state index contributed by atoms with van der Waals surface area (Å²) in [5, 5.41) is 37.6.